The molecule has 2 bridgehead atoms. The summed E-state index contributed by atoms with van der Waals surface area (Å²) in [4.78, 5) is 39.1. The highest BCUT2D eigenvalue weighted by atomic mass is 32.2. The number of anilines is 1. The molecule has 1 N–H and O–H groups in total. The number of benzene rings is 2. The number of hydrogen-bond donors (Lipinski definition) is 1. The van der Waals surface area contributed by atoms with Crippen LogP contribution >= 0.6 is 23.1 Å². The predicted octanol–water partition coefficient (Wildman–Crippen LogP) is 5.38. The van der Waals surface area contributed by atoms with Crippen molar-refractivity contribution < 1.29 is 14.3 Å². The molecule has 3 aromatic rings. The summed E-state index contributed by atoms with van der Waals surface area (Å²) in [6, 6.07) is 17.2. The normalized spacial score (nSPS) is 25.8. The van der Waals surface area contributed by atoms with Gasteiger partial charge in [0.2, 0.25) is 5.91 Å². The third-order valence-electron chi connectivity index (χ3n) is 7.83. The Hall–Kier alpha value is -2.84. The first-order valence-electron chi connectivity index (χ1n) is 12.6. The van der Waals surface area contributed by atoms with E-state index in [9.17, 15) is 14.4 Å². The van der Waals surface area contributed by atoms with E-state index in [0.717, 1.165) is 15.8 Å². The SMILES string of the molecule is CCOC(=O)c1ccc(NC(=O)Cn2c3c(sc2=O)[C@@H](c2ccccc2)[C@@H]2[C@H]4CC[C@@H](C4)[C@H]2S3)cc1. The molecule has 0 radical (unpaired) electrons. The maximum absolute atomic E-state index is 13.2. The maximum atomic E-state index is 13.2. The van der Waals surface area contributed by atoms with Crippen LogP contribution in [0.3, 0.4) is 0 Å². The second-order valence-electron chi connectivity index (χ2n) is 9.85. The molecule has 2 heterocycles. The fraction of sp³-hybridized carbons (Fsp3) is 0.393. The van der Waals surface area contributed by atoms with Crippen LogP contribution in [-0.4, -0.2) is 28.3 Å². The molecule has 1 amide bonds. The van der Waals surface area contributed by atoms with Gasteiger partial charge in [-0.15, -0.1) is 11.8 Å². The number of ether oxygens (including phenoxy) is 1. The van der Waals surface area contributed by atoms with E-state index in [-0.39, 0.29) is 23.2 Å². The molecule has 5 atom stereocenters. The van der Waals surface area contributed by atoms with Crippen LogP contribution in [0, 0.1) is 17.8 Å². The fourth-order valence-electron chi connectivity index (χ4n) is 6.37. The average molecular weight is 521 g/mol. The number of esters is 1. The monoisotopic (exact) mass is 520 g/mol. The molecular weight excluding hydrogens is 492 g/mol. The van der Waals surface area contributed by atoms with Crippen molar-refractivity contribution in [2.24, 2.45) is 17.8 Å². The Bertz CT molecular complexity index is 1350. The standard InChI is InChI=1S/C28H28N2O4S2/c1-2-34-27(32)17-10-12-20(13-11-17)29-21(31)15-30-26-25(36-28(30)33)22(16-6-4-3-5-7-16)23-18-8-9-19(14-18)24(23)35-26/h3-7,10-13,18-19,22-24H,2,8-9,14-15H2,1H3,(H,29,31)/t18-,19-,22-,23-,24+/m0/s1. The van der Waals surface area contributed by atoms with Crippen LogP contribution in [0.5, 0.6) is 0 Å². The molecule has 0 spiro atoms. The molecule has 2 saturated carbocycles. The molecule has 2 aliphatic carbocycles. The van der Waals surface area contributed by atoms with E-state index in [4.69, 9.17) is 4.74 Å². The molecule has 6 nitrogen and oxygen atoms in total. The molecule has 6 rings (SSSR count). The molecule has 0 saturated heterocycles. The first kappa shape index (κ1) is 23.6. The van der Waals surface area contributed by atoms with Gasteiger partial charge in [0.25, 0.3) is 0 Å². The van der Waals surface area contributed by atoms with E-state index in [1.165, 1.54) is 36.2 Å². The average Bonchev–Trinajstić information content (AvgIpc) is 3.58. The number of carbonyl (C=O) groups excluding carboxylic acids is 2. The first-order chi connectivity index (χ1) is 17.5. The third-order valence-corrected chi connectivity index (χ3v) is 10.7. The van der Waals surface area contributed by atoms with Gasteiger partial charge in [0.1, 0.15) is 6.54 Å². The Labute approximate surface area is 218 Å². The first-order valence-corrected chi connectivity index (χ1v) is 14.2. The minimum absolute atomic E-state index is 0.0235. The second-order valence-corrected chi connectivity index (χ2v) is 12.0. The number of thioether (sulfide) groups is 1. The summed E-state index contributed by atoms with van der Waals surface area (Å²) in [7, 11) is 0. The van der Waals surface area contributed by atoms with Crippen LogP contribution in [0.2, 0.25) is 0 Å². The van der Waals surface area contributed by atoms with Crippen LogP contribution in [0.15, 0.2) is 64.4 Å². The van der Waals surface area contributed by atoms with Crippen molar-refractivity contribution in [3.05, 3.63) is 80.3 Å². The molecule has 0 unspecified atom stereocenters. The largest absolute Gasteiger partial charge is 0.462 e. The van der Waals surface area contributed by atoms with Crippen LogP contribution in [-0.2, 0) is 16.1 Å². The summed E-state index contributed by atoms with van der Waals surface area (Å²) in [5.41, 5.74) is 2.29. The Morgan fingerprint density at radius 3 is 2.56 bits per heavy atom. The second kappa shape index (κ2) is 9.56. The number of nitrogens with one attached hydrogen (secondary N) is 1. The van der Waals surface area contributed by atoms with E-state index >= 15 is 0 Å². The Morgan fingerprint density at radius 1 is 1.06 bits per heavy atom. The Balaban J connectivity index is 1.26. The number of fused-ring (bicyclic) bond motifs is 6. The zero-order chi connectivity index (χ0) is 24.8. The van der Waals surface area contributed by atoms with Gasteiger partial charge in [-0.25, -0.2) is 4.79 Å². The molecule has 8 heteroatoms. The van der Waals surface area contributed by atoms with Crippen molar-refractivity contribution in [2.45, 2.75) is 48.9 Å². The zero-order valence-electron chi connectivity index (χ0n) is 20.0. The molecule has 2 aromatic carbocycles. The minimum Gasteiger partial charge on any atom is -0.462 e. The summed E-state index contributed by atoms with van der Waals surface area (Å²) < 4.78 is 6.68. The summed E-state index contributed by atoms with van der Waals surface area (Å²) >= 11 is 3.15. The van der Waals surface area contributed by atoms with E-state index in [1.54, 1.807) is 35.8 Å². The van der Waals surface area contributed by atoms with Crippen molar-refractivity contribution in [3.8, 4) is 0 Å². The fourth-order valence-corrected chi connectivity index (χ4v) is 9.52. The van der Waals surface area contributed by atoms with E-state index in [1.807, 2.05) is 17.8 Å². The van der Waals surface area contributed by atoms with E-state index in [0.29, 0.717) is 34.9 Å². The molecule has 1 aliphatic heterocycles. The lowest BCUT2D eigenvalue weighted by Crippen LogP contribution is -2.34. The summed E-state index contributed by atoms with van der Waals surface area (Å²) in [6.45, 7) is 2.04. The van der Waals surface area contributed by atoms with E-state index < -0.39 is 5.97 Å². The lowest BCUT2D eigenvalue weighted by molar-refractivity contribution is -0.116. The molecular formula is C28H28N2O4S2. The van der Waals surface area contributed by atoms with Crippen LogP contribution in [0.1, 0.15) is 52.9 Å². The predicted molar refractivity (Wildman–Crippen MR) is 142 cm³/mol. The number of rotatable bonds is 6. The number of aromatic nitrogens is 1. The lowest BCUT2D eigenvalue weighted by Gasteiger charge is -2.40. The quantitative estimate of drug-likeness (QED) is 0.442. The highest BCUT2D eigenvalue weighted by molar-refractivity contribution is 8.00. The maximum Gasteiger partial charge on any atom is 0.338 e. The van der Waals surface area contributed by atoms with Crippen LogP contribution < -0.4 is 10.2 Å². The number of thiazole rings is 1. The van der Waals surface area contributed by atoms with Gasteiger partial charge in [-0.2, -0.15) is 0 Å². The van der Waals surface area contributed by atoms with Gasteiger partial charge in [-0.1, -0.05) is 41.7 Å². The highest BCUT2D eigenvalue weighted by Gasteiger charge is 2.55. The zero-order valence-corrected chi connectivity index (χ0v) is 21.6. The Kier molecular flexibility index (Phi) is 6.25. The topological polar surface area (TPSA) is 77.4 Å². The molecule has 36 heavy (non-hydrogen) atoms. The van der Waals surface area contributed by atoms with Gasteiger partial charge in [0, 0.05) is 21.7 Å². The van der Waals surface area contributed by atoms with Crippen molar-refractivity contribution in [3.63, 3.8) is 0 Å². The molecule has 3 aliphatic rings. The minimum atomic E-state index is -0.393. The smallest absolute Gasteiger partial charge is 0.338 e. The molecule has 186 valence electrons. The van der Waals surface area contributed by atoms with Gasteiger partial charge in [0.15, 0.2) is 0 Å². The Morgan fingerprint density at radius 2 is 1.81 bits per heavy atom. The number of nitrogens with zero attached hydrogens (tertiary/aromatic N) is 1. The molecule has 2 fully saturated rings. The van der Waals surface area contributed by atoms with Gasteiger partial charge < -0.3 is 10.1 Å². The van der Waals surface area contributed by atoms with Crippen LogP contribution in [0.25, 0.3) is 0 Å². The summed E-state index contributed by atoms with van der Waals surface area (Å²) in [5.74, 6) is 1.54. The molecule has 1 aromatic heterocycles. The van der Waals surface area contributed by atoms with Gasteiger partial charge in [-0.05, 0) is 73.8 Å². The lowest BCUT2D eigenvalue weighted by atomic mass is 9.75. The number of carbonyl (C=O) groups is 2. The van der Waals surface area contributed by atoms with Crippen molar-refractivity contribution in [2.75, 3.05) is 11.9 Å². The number of amides is 1. The van der Waals surface area contributed by atoms with Crippen molar-refractivity contribution in [1.29, 1.82) is 0 Å². The third kappa shape index (κ3) is 4.10. The van der Waals surface area contributed by atoms with Crippen LogP contribution in [0.4, 0.5) is 5.69 Å². The van der Waals surface area contributed by atoms with Crippen molar-refractivity contribution in [1.82, 2.24) is 4.57 Å². The van der Waals surface area contributed by atoms with Gasteiger partial charge >= 0.3 is 10.8 Å². The van der Waals surface area contributed by atoms with E-state index in [2.05, 4.69) is 29.6 Å². The number of hydrogen-bond acceptors (Lipinski definition) is 6. The van der Waals surface area contributed by atoms with Crippen molar-refractivity contribution >= 4 is 40.7 Å². The highest BCUT2D eigenvalue weighted by Crippen LogP contribution is 2.63. The van der Waals surface area contributed by atoms with Gasteiger partial charge in [0.05, 0.1) is 17.2 Å². The van der Waals surface area contributed by atoms with Gasteiger partial charge in [-0.3, -0.25) is 14.2 Å². The summed E-state index contributed by atoms with van der Waals surface area (Å²) in [5, 5.41) is 4.35. The summed E-state index contributed by atoms with van der Waals surface area (Å²) in [6.07, 6.45) is 3.84.